The smallest absolute Gasteiger partial charge is 0.00302 e. The fraction of sp³-hybridized carbons (Fsp3) is 1.00. The van der Waals surface area contributed by atoms with Crippen LogP contribution < -0.4 is 5.48 Å². The normalized spacial score (nSPS) is 14.6. The number of hydrogen-bond acceptors (Lipinski definition) is 2. The summed E-state index contributed by atoms with van der Waals surface area (Å²) < 4.78 is 0. The standard InChI is InChI=1S/C6H14NO/c1-4-6(7-8)5(2)3/h5-7H,4H2,1-3H3/q-1. The summed E-state index contributed by atoms with van der Waals surface area (Å²) in [6.07, 6.45) is 0.918. The average molecular weight is 116 g/mol. The van der Waals surface area contributed by atoms with Crippen LogP contribution in [0.2, 0.25) is 0 Å². The van der Waals surface area contributed by atoms with Crippen molar-refractivity contribution in [2.45, 2.75) is 33.2 Å². The molecule has 50 valence electrons. The van der Waals surface area contributed by atoms with Crippen LogP contribution >= 0.6 is 0 Å². The molecule has 0 saturated carbocycles. The Bertz CT molecular complexity index is 50.5. The van der Waals surface area contributed by atoms with Gasteiger partial charge >= 0.3 is 0 Å². The van der Waals surface area contributed by atoms with Gasteiger partial charge < -0.3 is 10.7 Å². The summed E-state index contributed by atoms with van der Waals surface area (Å²) in [5.41, 5.74) is 2.00. The van der Waals surface area contributed by atoms with Crippen LogP contribution in [0.4, 0.5) is 0 Å². The molecular weight excluding hydrogens is 102 g/mol. The maximum atomic E-state index is 10.1. The van der Waals surface area contributed by atoms with E-state index in [1.54, 1.807) is 0 Å². The molecule has 2 nitrogen and oxygen atoms in total. The highest BCUT2D eigenvalue weighted by molar-refractivity contribution is 4.67. The summed E-state index contributed by atoms with van der Waals surface area (Å²) in [6.45, 7) is 6.09. The molecule has 0 fully saturated rings. The number of rotatable bonds is 3. The molecule has 0 aromatic rings. The number of hydrogen-bond donors (Lipinski definition) is 1. The second-order valence-corrected chi connectivity index (χ2v) is 2.38. The molecule has 0 aromatic heterocycles. The molecule has 0 saturated heterocycles. The van der Waals surface area contributed by atoms with Gasteiger partial charge in [0.25, 0.3) is 0 Å². The quantitative estimate of drug-likeness (QED) is 0.567. The SMILES string of the molecule is CCC(N[O-])C(C)C. The van der Waals surface area contributed by atoms with Gasteiger partial charge in [0, 0.05) is 0 Å². The Hall–Kier alpha value is -0.0800. The fourth-order valence-corrected chi connectivity index (χ4v) is 0.691. The van der Waals surface area contributed by atoms with E-state index in [2.05, 4.69) is 0 Å². The van der Waals surface area contributed by atoms with Crippen LogP contribution in [0.15, 0.2) is 0 Å². The van der Waals surface area contributed by atoms with Crippen LogP contribution in [-0.2, 0) is 0 Å². The van der Waals surface area contributed by atoms with Crippen molar-refractivity contribution in [3.05, 3.63) is 5.21 Å². The highest BCUT2D eigenvalue weighted by atomic mass is 16.5. The highest BCUT2D eigenvalue weighted by Gasteiger charge is 2.03. The lowest BCUT2D eigenvalue weighted by molar-refractivity contribution is 0.430. The van der Waals surface area contributed by atoms with E-state index in [0.717, 1.165) is 6.42 Å². The minimum atomic E-state index is 0.148. The molecule has 0 rings (SSSR count). The van der Waals surface area contributed by atoms with Crippen molar-refractivity contribution in [1.82, 2.24) is 5.48 Å². The summed E-state index contributed by atoms with van der Waals surface area (Å²) in [5.74, 6) is 0.456. The van der Waals surface area contributed by atoms with Gasteiger partial charge in [0.15, 0.2) is 0 Å². The second-order valence-electron chi connectivity index (χ2n) is 2.38. The van der Waals surface area contributed by atoms with Crippen molar-refractivity contribution < 1.29 is 0 Å². The summed E-state index contributed by atoms with van der Waals surface area (Å²) in [4.78, 5) is 0. The first kappa shape index (κ1) is 7.92. The summed E-state index contributed by atoms with van der Waals surface area (Å²) >= 11 is 0. The van der Waals surface area contributed by atoms with Gasteiger partial charge in [-0.25, -0.2) is 0 Å². The molecule has 8 heavy (non-hydrogen) atoms. The van der Waals surface area contributed by atoms with Crippen molar-refractivity contribution in [2.75, 3.05) is 0 Å². The molecule has 0 aliphatic carbocycles. The van der Waals surface area contributed by atoms with Gasteiger partial charge in [0.2, 0.25) is 0 Å². The lowest BCUT2D eigenvalue weighted by Crippen LogP contribution is -2.27. The minimum Gasteiger partial charge on any atom is -0.788 e. The molecule has 0 aliphatic rings. The van der Waals surface area contributed by atoms with Crippen molar-refractivity contribution in [3.8, 4) is 0 Å². The Labute approximate surface area is 50.9 Å². The Kier molecular flexibility index (Phi) is 3.83. The highest BCUT2D eigenvalue weighted by Crippen LogP contribution is 2.03. The summed E-state index contributed by atoms with van der Waals surface area (Å²) in [6, 6.07) is 0.148. The average Bonchev–Trinajstić information content (AvgIpc) is 1.69. The van der Waals surface area contributed by atoms with E-state index in [0.29, 0.717) is 5.92 Å². The van der Waals surface area contributed by atoms with Gasteiger partial charge in [-0.2, -0.15) is 0 Å². The van der Waals surface area contributed by atoms with Gasteiger partial charge in [-0.1, -0.05) is 20.8 Å². The zero-order chi connectivity index (χ0) is 6.57. The van der Waals surface area contributed by atoms with Crippen molar-refractivity contribution in [3.63, 3.8) is 0 Å². The molecule has 1 atom stereocenters. The predicted octanol–water partition coefficient (Wildman–Crippen LogP) is 1.51. The maximum absolute atomic E-state index is 10.1. The monoisotopic (exact) mass is 116 g/mol. The van der Waals surface area contributed by atoms with Gasteiger partial charge in [0.05, 0.1) is 0 Å². The van der Waals surface area contributed by atoms with E-state index in [9.17, 15) is 5.21 Å². The first-order valence-electron chi connectivity index (χ1n) is 3.10. The summed E-state index contributed by atoms with van der Waals surface area (Å²) in [5, 5.41) is 10.1. The summed E-state index contributed by atoms with van der Waals surface area (Å²) in [7, 11) is 0. The lowest BCUT2D eigenvalue weighted by atomic mass is 10.0. The van der Waals surface area contributed by atoms with E-state index >= 15 is 0 Å². The lowest BCUT2D eigenvalue weighted by Gasteiger charge is -2.23. The molecule has 0 spiro atoms. The van der Waals surface area contributed by atoms with Crippen LogP contribution in [0.3, 0.4) is 0 Å². The van der Waals surface area contributed by atoms with E-state index < -0.39 is 0 Å². The Morgan fingerprint density at radius 2 is 2.00 bits per heavy atom. The first-order valence-corrected chi connectivity index (χ1v) is 3.10. The van der Waals surface area contributed by atoms with Crippen LogP contribution in [0.25, 0.3) is 0 Å². The van der Waals surface area contributed by atoms with Crippen LogP contribution in [0.1, 0.15) is 27.2 Å². The molecule has 0 radical (unpaired) electrons. The van der Waals surface area contributed by atoms with Crippen LogP contribution in [-0.4, -0.2) is 6.04 Å². The first-order chi connectivity index (χ1) is 3.72. The van der Waals surface area contributed by atoms with Gasteiger partial charge in [-0.3, -0.25) is 0 Å². The van der Waals surface area contributed by atoms with E-state index in [-0.39, 0.29) is 6.04 Å². The minimum absolute atomic E-state index is 0.148. The van der Waals surface area contributed by atoms with Gasteiger partial charge in [-0.15, -0.1) is 0 Å². The fourth-order valence-electron chi connectivity index (χ4n) is 0.691. The molecule has 0 heterocycles. The van der Waals surface area contributed by atoms with Crippen LogP contribution in [0, 0.1) is 11.1 Å². The maximum Gasteiger partial charge on any atom is -0.00302 e. The van der Waals surface area contributed by atoms with Crippen molar-refractivity contribution >= 4 is 0 Å². The van der Waals surface area contributed by atoms with Gasteiger partial charge in [-0.05, 0) is 18.4 Å². The molecule has 0 amide bonds. The molecule has 0 bridgehead atoms. The Morgan fingerprint density at radius 1 is 1.50 bits per heavy atom. The molecule has 0 aliphatic heterocycles. The van der Waals surface area contributed by atoms with E-state index in [1.165, 1.54) is 0 Å². The Balaban J connectivity index is 3.35. The zero-order valence-electron chi connectivity index (χ0n) is 5.77. The molecule has 1 N–H and O–H groups in total. The molecular formula is C6H14NO-. The third-order valence-electron chi connectivity index (χ3n) is 1.40. The van der Waals surface area contributed by atoms with Gasteiger partial charge in [0.1, 0.15) is 0 Å². The molecule has 2 heteroatoms. The third kappa shape index (κ3) is 2.28. The predicted molar refractivity (Wildman–Crippen MR) is 35.4 cm³/mol. The van der Waals surface area contributed by atoms with E-state index in [1.807, 2.05) is 26.3 Å². The van der Waals surface area contributed by atoms with Crippen molar-refractivity contribution in [2.24, 2.45) is 5.92 Å². The topological polar surface area (TPSA) is 35.1 Å². The number of hydroxylamine groups is 1. The largest absolute Gasteiger partial charge is 0.788 e. The third-order valence-corrected chi connectivity index (χ3v) is 1.40. The second kappa shape index (κ2) is 3.87. The Morgan fingerprint density at radius 3 is 2.00 bits per heavy atom. The van der Waals surface area contributed by atoms with Crippen molar-refractivity contribution in [1.29, 1.82) is 0 Å². The van der Waals surface area contributed by atoms with E-state index in [4.69, 9.17) is 0 Å². The zero-order valence-corrected chi connectivity index (χ0v) is 5.77. The molecule has 0 aromatic carbocycles. The molecule has 1 unspecified atom stereocenters. The van der Waals surface area contributed by atoms with Crippen LogP contribution in [0.5, 0.6) is 0 Å². The number of nitrogens with one attached hydrogen (secondary N) is 1.